The Morgan fingerprint density at radius 2 is 2.10 bits per heavy atom. The lowest BCUT2D eigenvalue weighted by atomic mass is 9.69. The molecule has 1 heterocycles. The zero-order chi connectivity index (χ0) is 14.0. The van der Waals surface area contributed by atoms with E-state index in [9.17, 15) is 5.26 Å². The van der Waals surface area contributed by atoms with Gasteiger partial charge in [0.05, 0.1) is 24.6 Å². The molecule has 102 valence electrons. The van der Waals surface area contributed by atoms with Crippen LogP contribution in [0, 0.1) is 11.3 Å². The molecule has 0 bridgehead atoms. The van der Waals surface area contributed by atoms with Gasteiger partial charge in [0.1, 0.15) is 17.0 Å². The summed E-state index contributed by atoms with van der Waals surface area (Å²) in [7, 11) is 0. The molecule has 3 rings (SSSR count). The first-order chi connectivity index (χ1) is 9.77. The number of aromatic amines is 1. The van der Waals surface area contributed by atoms with E-state index >= 15 is 0 Å². The second kappa shape index (κ2) is 5.01. The largest absolute Gasteiger partial charge is 0.494 e. The highest BCUT2D eigenvalue weighted by Crippen LogP contribution is 2.42. The minimum atomic E-state index is -0.385. The van der Waals surface area contributed by atoms with Crippen LogP contribution in [0.4, 0.5) is 0 Å². The maximum absolute atomic E-state index is 9.34. The molecule has 2 aromatic rings. The molecule has 0 unspecified atom stereocenters. The third-order valence-corrected chi connectivity index (χ3v) is 3.93. The van der Waals surface area contributed by atoms with Gasteiger partial charge in [0.15, 0.2) is 0 Å². The molecule has 4 nitrogen and oxygen atoms in total. The molecule has 4 heteroatoms. The Morgan fingerprint density at radius 1 is 1.35 bits per heavy atom. The molecule has 0 saturated heterocycles. The topological polar surface area (TPSA) is 61.7 Å². The number of aromatic nitrogens is 2. The number of ether oxygens (including phenoxy) is 1. The van der Waals surface area contributed by atoms with E-state index in [1.807, 2.05) is 37.4 Å². The number of rotatable bonds is 4. The third kappa shape index (κ3) is 2.05. The Kier molecular flexibility index (Phi) is 3.19. The summed E-state index contributed by atoms with van der Waals surface area (Å²) in [6.07, 6.45) is 4.72. The van der Waals surface area contributed by atoms with Crippen LogP contribution in [0.3, 0.4) is 0 Å². The SMILES string of the molecule is CCOc1ccc(-c2cnc(C3(C#N)CCC3)[nH]2)cc1. The molecule has 0 amide bonds. The number of benzene rings is 1. The van der Waals surface area contributed by atoms with Crippen LogP contribution in [0.5, 0.6) is 5.75 Å². The van der Waals surface area contributed by atoms with Gasteiger partial charge in [-0.2, -0.15) is 5.26 Å². The molecule has 0 atom stereocenters. The predicted molar refractivity (Wildman–Crippen MR) is 76.3 cm³/mol. The van der Waals surface area contributed by atoms with Crippen molar-refractivity contribution in [1.82, 2.24) is 9.97 Å². The van der Waals surface area contributed by atoms with Gasteiger partial charge in [-0.3, -0.25) is 0 Å². The van der Waals surface area contributed by atoms with E-state index in [2.05, 4.69) is 16.0 Å². The van der Waals surface area contributed by atoms with Crippen LogP contribution < -0.4 is 4.74 Å². The van der Waals surface area contributed by atoms with Crippen molar-refractivity contribution < 1.29 is 4.74 Å². The number of H-pyrrole nitrogens is 1. The molecular formula is C16H17N3O. The van der Waals surface area contributed by atoms with Gasteiger partial charge in [-0.1, -0.05) is 0 Å². The lowest BCUT2D eigenvalue weighted by Gasteiger charge is -2.32. The molecule has 1 aliphatic rings. The van der Waals surface area contributed by atoms with E-state index in [-0.39, 0.29) is 5.41 Å². The van der Waals surface area contributed by atoms with Crippen molar-refractivity contribution in [1.29, 1.82) is 5.26 Å². The molecule has 1 aliphatic carbocycles. The summed E-state index contributed by atoms with van der Waals surface area (Å²) < 4.78 is 5.43. The normalized spacial score (nSPS) is 16.2. The maximum atomic E-state index is 9.34. The van der Waals surface area contributed by atoms with Crippen LogP contribution >= 0.6 is 0 Å². The average molecular weight is 267 g/mol. The van der Waals surface area contributed by atoms with Crippen LogP contribution in [0.25, 0.3) is 11.3 Å². The van der Waals surface area contributed by atoms with Crippen molar-refractivity contribution in [3.05, 3.63) is 36.3 Å². The molecule has 1 aromatic carbocycles. The Hall–Kier alpha value is -2.28. The van der Waals surface area contributed by atoms with Crippen molar-refractivity contribution in [3.63, 3.8) is 0 Å². The van der Waals surface area contributed by atoms with Crippen LogP contribution in [0.2, 0.25) is 0 Å². The van der Waals surface area contributed by atoms with Gasteiger partial charge in [0.25, 0.3) is 0 Å². The van der Waals surface area contributed by atoms with Crippen LogP contribution in [-0.2, 0) is 5.41 Å². The molecule has 0 aliphatic heterocycles. The number of hydrogen-bond acceptors (Lipinski definition) is 3. The predicted octanol–water partition coefficient (Wildman–Crippen LogP) is 3.42. The van der Waals surface area contributed by atoms with E-state index < -0.39 is 0 Å². The van der Waals surface area contributed by atoms with Gasteiger partial charge in [-0.05, 0) is 56.0 Å². The third-order valence-electron chi connectivity index (χ3n) is 3.93. The summed E-state index contributed by atoms with van der Waals surface area (Å²) >= 11 is 0. The average Bonchev–Trinajstić information content (AvgIpc) is 2.89. The van der Waals surface area contributed by atoms with Crippen LogP contribution in [-0.4, -0.2) is 16.6 Å². The highest BCUT2D eigenvalue weighted by atomic mass is 16.5. The molecule has 20 heavy (non-hydrogen) atoms. The molecule has 1 N–H and O–H groups in total. The minimum Gasteiger partial charge on any atom is -0.494 e. The number of hydrogen-bond donors (Lipinski definition) is 1. The maximum Gasteiger partial charge on any atom is 0.127 e. The second-order valence-electron chi connectivity index (χ2n) is 5.15. The van der Waals surface area contributed by atoms with Crippen molar-refractivity contribution >= 4 is 0 Å². The highest BCUT2D eigenvalue weighted by molar-refractivity contribution is 5.60. The zero-order valence-electron chi connectivity index (χ0n) is 11.5. The van der Waals surface area contributed by atoms with E-state index in [1.165, 1.54) is 0 Å². The standard InChI is InChI=1S/C16H17N3O/c1-2-20-13-6-4-12(5-7-13)14-10-18-15(19-14)16(11-17)8-3-9-16/h4-7,10H,2-3,8-9H2,1H3,(H,18,19). The van der Waals surface area contributed by atoms with E-state index in [1.54, 1.807) is 0 Å². The van der Waals surface area contributed by atoms with Crippen molar-refractivity contribution in [2.24, 2.45) is 0 Å². The fourth-order valence-electron chi connectivity index (χ4n) is 2.54. The van der Waals surface area contributed by atoms with Crippen molar-refractivity contribution in [2.45, 2.75) is 31.6 Å². The summed E-state index contributed by atoms with van der Waals surface area (Å²) in [5.41, 5.74) is 1.62. The van der Waals surface area contributed by atoms with Gasteiger partial charge < -0.3 is 9.72 Å². The summed E-state index contributed by atoms with van der Waals surface area (Å²) in [4.78, 5) is 7.71. The molecular weight excluding hydrogens is 250 g/mol. The summed E-state index contributed by atoms with van der Waals surface area (Å²) in [6, 6.07) is 10.3. The Bertz CT molecular complexity index is 632. The summed E-state index contributed by atoms with van der Waals surface area (Å²) in [5, 5.41) is 9.34. The summed E-state index contributed by atoms with van der Waals surface area (Å²) in [5.74, 6) is 1.67. The van der Waals surface area contributed by atoms with Crippen molar-refractivity contribution in [3.8, 4) is 23.1 Å². The monoisotopic (exact) mass is 267 g/mol. The highest BCUT2D eigenvalue weighted by Gasteiger charge is 2.41. The van der Waals surface area contributed by atoms with Crippen LogP contribution in [0.15, 0.2) is 30.5 Å². The first kappa shape index (κ1) is 12.7. The zero-order valence-corrected chi connectivity index (χ0v) is 11.5. The number of nitrogens with zero attached hydrogens (tertiary/aromatic N) is 2. The lowest BCUT2D eigenvalue weighted by Crippen LogP contribution is -2.33. The number of nitriles is 1. The van der Waals surface area contributed by atoms with Gasteiger partial charge in [-0.15, -0.1) is 0 Å². The van der Waals surface area contributed by atoms with Gasteiger partial charge in [0.2, 0.25) is 0 Å². The first-order valence-electron chi connectivity index (χ1n) is 6.97. The summed E-state index contributed by atoms with van der Waals surface area (Å²) in [6.45, 7) is 2.63. The minimum absolute atomic E-state index is 0.385. The Morgan fingerprint density at radius 3 is 2.65 bits per heavy atom. The fourth-order valence-corrected chi connectivity index (χ4v) is 2.54. The number of imidazole rings is 1. The fraction of sp³-hybridized carbons (Fsp3) is 0.375. The van der Waals surface area contributed by atoms with Crippen molar-refractivity contribution in [2.75, 3.05) is 6.61 Å². The van der Waals surface area contributed by atoms with Gasteiger partial charge >= 0.3 is 0 Å². The smallest absolute Gasteiger partial charge is 0.127 e. The van der Waals surface area contributed by atoms with E-state index in [0.717, 1.165) is 42.1 Å². The van der Waals surface area contributed by atoms with E-state index in [0.29, 0.717) is 6.61 Å². The molecule has 1 aromatic heterocycles. The lowest BCUT2D eigenvalue weighted by molar-refractivity contribution is 0.309. The first-order valence-corrected chi connectivity index (χ1v) is 6.97. The quantitative estimate of drug-likeness (QED) is 0.923. The molecule has 0 radical (unpaired) electrons. The number of nitrogens with one attached hydrogen (secondary N) is 1. The van der Waals surface area contributed by atoms with Gasteiger partial charge in [-0.25, -0.2) is 4.98 Å². The van der Waals surface area contributed by atoms with Gasteiger partial charge in [0, 0.05) is 0 Å². The van der Waals surface area contributed by atoms with Crippen LogP contribution in [0.1, 0.15) is 32.0 Å². The Labute approximate surface area is 118 Å². The molecule has 1 saturated carbocycles. The molecule has 1 fully saturated rings. The molecule has 0 spiro atoms. The van der Waals surface area contributed by atoms with E-state index in [4.69, 9.17) is 4.74 Å². The second-order valence-corrected chi connectivity index (χ2v) is 5.15. The Balaban J connectivity index is 1.85.